The van der Waals surface area contributed by atoms with E-state index in [2.05, 4.69) is 43.8 Å². The van der Waals surface area contributed by atoms with Gasteiger partial charge in [0.1, 0.15) is 11.5 Å². The Kier molecular flexibility index (Phi) is 6.54. The number of hydrogen-bond acceptors (Lipinski definition) is 7. The molecule has 10 heteroatoms. The quantitative estimate of drug-likeness (QED) is 0.474. The van der Waals surface area contributed by atoms with Crippen molar-refractivity contribution in [2.24, 2.45) is 0 Å². The third kappa shape index (κ3) is 5.14. The lowest BCUT2D eigenvalue weighted by atomic mass is 10.2. The van der Waals surface area contributed by atoms with Crippen LogP contribution in [0.5, 0.6) is 0 Å². The lowest BCUT2D eigenvalue weighted by molar-refractivity contribution is 0.114. The molecule has 3 aromatic rings. The highest BCUT2D eigenvalue weighted by Gasteiger charge is 2.20. The van der Waals surface area contributed by atoms with Crippen molar-refractivity contribution in [3.63, 3.8) is 0 Å². The van der Waals surface area contributed by atoms with Crippen molar-refractivity contribution >= 4 is 21.7 Å². The Balaban J connectivity index is 1.45. The number of ether oxygens (including phenoxy) is 1. The molecule has 4 rings (SSSR count). The van der Waals surface area contributed by atoms with E-state index in [0.29, 0.717) is 23.9 Å². The Morgan fingerprint density at radius 3 is 2.62 bits per heavy atom. The number of rotatable bonds is 8. The fraction of sp³-hybridized carbons (Fsp3) is 0.409. The molecule has 1 atom stereocenters. The van der Waals surface area contributed by atoms with Gasteiger partial charge in [-0.1, -0.05) is 13.8 Å². The number of aromatic amines is 1. The third-order valence-corrected chi connectivity index (χ3v) is 6.73. The number of sulfonamides is 1. The van der Waals surface area contributed by atoms with E-state index in [9.17, 15) is 8.42 Å². The van der Waals surface area contributed by atoms with Crippen LogP contribution in [0.4, 0.5) is 11.6 Å². The first-order valence-electron chi connectivity index (χ1n) is 10.7. The van der Waals surface area contributed by atoms with Gasteiger partial charge in [-0.3, -0.25) is 0 Å². The standard InChI is InChI=1S/C22H28N6O3S/c1-14(2)21-25-15(3)20(28-21)19-10-11-23-22(27-19)26-16-6-8-18(9-7-16)32(29,30)24-13-17-5-4-12-31-17/h6-11,14,17,24H,4-5,12-13H2,1-3H3,(H,25,28)(H,23,26,27). The molecule has 170 valence electrons. The number of hydrogen-bond donors (Lipinski definition) is 3. The second-order valence-electron chi connectivity index (χ2n) is 8.15. The topological polar surface area (TPSA) is 122 Å². The van der Waals surface area contributed by atoms with E-state index in [1.54, 1.807) is 30.5 Å². The van der Waals surface area contributed by atoms with Crippen molar-refractivity contribution < 1.29 is 13.2 Å². The molecule has 0 aliphatic carbocycles. The van der Waals surface area contributed by atoms with Gasteiger partial charge in [-0.05, 0) is 50.1 Å². The summed E-state index contributed by atoms with van der Waals surface area (Å²) in [5.41, 5.74) is 3.13. The smallest absolute Gasteiger partial charge is 0.240 e. The molecule has 0 radical (unpaired) electrons. The van der Waals surface area contributed by atoms with Crippen molar-refractivity contribution in [3.8, 4) is 11.4 Å². The van der Waals surface area contributed by atoms with E-state index >= 15 is 0 Å². The second kappa shape index (κ2) is 9.35. The van der Waals surface area contributed by atoms with E-state index in [4.69, 9.17) is 4.74 Å². The first kappa shape index (κ1) is 22.4. The largest absolute Gasteiger partial charge is 0.377 e. The number of H-pyrrole nitrogens is 1. The normalized spacial score (nSPS) is 16.6. The van der Waals surface area contributed by atoms with Crippen LogP contribution >= 0.6 is 0 Å². The number of imidazole rings is 1. The maximum atomic E-state index is 12.5. The number of aromatic nitrogens is 4. The summed E-state index contributed by atoms with van der Waals surface area (Å²) in [5.74, 6) is 1.61. The van der Waals surface area contributed by atoms with Gasteiger partial charge in [-0.2, -0.15) is 0 Å². The van der Waals surface area contributed by atoms with Crippen LogP contribution in [0.2, 0.25) is 0 Å². The minimum Gasteiger partial charge on any atom is -0.377 e. The first-order chi connectivity index (χ1) is 15.3. The van der Waals surface area contributed by atoms with Gasteiger partial charge >= 0.3 is 0 Å². The molecule has 1 aliphatic heterocycles. The molecule has 2 aromatic heterocycles. The Labute approximate surface area is 188 Å². The van der Waals surface area contributed by atoms with Gasteiger partial charge < -0.3 is 15.0 Å². The van der Waals surface area contributed by atoms with Crippen LogP contribution in [0.25, 0.3) is 11.4 Å². The summed E-state index contributed by atoms with van der Waals surface area (Å²) in [5, 5.41) is 3.12. The molecule has 3 heterocycles. The number of nitrogens with zero attached hydrogens (tertiary/aromatic N) is 3. The molecule has 3 N–H and O–H groups in total. The minimum absolute atomic E-state index is 0.0510. The molecule has 0 bridgehead atoms. The van der Waals surface area contributed by atoms with Crippen molar-refractivity contribution in [2.75, 3.05) is 18.5 Å². The maximum Gasteiger partial charge on any atom is 0.240 e. The molecular formula is C22H28N6O3S. The van der Waals surface area contributed by atoms with E-state index < -0.39 is 10.0 Å². The zero-order valence-electron chi connectivity index (χ0n) is 18.4. The van der Waals surface area contributed by atoms with Gasteiger partial charge in [-0.25, -0.2) is 28.1 Å². The molecule has 1 aromatic carbocycles. The van der Waals surface area contributed by atoms with Gasteiger partial charge in [0, 0.05) is 36.6 Å². The van der Waals surface area contributed by atoms with Crippen molar-refractivity contribution in [1.82, 2.24) is 24.7 Å². The lowest BCUT2D eigenvalue weighted by Crippen LogP contribution is -2.31. The highest BCUT2D eigenvalue weighted by Crippen LogP contribution is 2.24. The number of anilines is 2. The van der Waals surface area contributed by atoms with E-state index in [0.717, 1.165) is 30.1 Å². The molecule has 1 fully saturated rings. The second-order valence-corrected chi connectivity index (χ2v) is 9.92. The third-order valence-electron chi connectivity index (χ3n) is 5.29. The molecule has 32 heavy (non-hydrogen) atoms. The van der Waals surface area contributed by atoms with E-state index in [1.165, 1.54) is 0 Å². The van der Waals surface area contributed by atoms with Crippen LogP contribution in [0.1, 0.15) is 44.1 Å². The van der Waals surface area contributed by atoms with Crippen LogP contribution in [0, 0.1) is 6.92 Å². The molecule has 9 nitrogen and oxygen atoms in total. The van der Waals surface area contributed by atoms with Crippen LogP contribution in [0.3, 0.4) is 0 Å². The predicted octanol–water partition coefficient (Wildman–Crippen LogP) is 3.50. The molecule has 1 saturated heterocycles. The monoisotopic (exact) mass is 456 g/mol. The summed E-state index contributed by atoms with van der Waals surface area (Å²) in [4.78, 5) is 17.0. The average molecular weight is 457 g/mol. The molecular weight excluding hydrogens is 428 g/mol. The predicted molar refractivity (Wildman–Crippen MR) is 122 cm³/mol. The maximum absolute atomic E-state index is 12.5. The summed E-state index contributed by atoms with van der Waals surface area (Å²) >= 11 is 0. The van der Waals surface area contributed by atoms with Crippen LogP contribution in [-0.2, 0) is 14.8 Å². The number of benzene rings is 1. The van der Waals surface area contributed by atoms with Crippen molar-refractivity contribution in [2.45, 2.75) is 50.5 Å². The molecule has 0 amide bonds. The molecule has 1 unspecified atom stereocenters. The Morgan fingerprint density at radius 2 is 1.97 bits per heavy atom. The zero-order chi connectivity index (χ0) is 22.7. The van der Waals surface area contributed by atoms with Crippen LogP contribution < -0.4 is 10.0 Å². The minimum atomic E-state index is -3.59. The van der Waals surface area contributed by atoms with Gasteiger partial charge in [0.25, 0.3) is 0 Å². The van der Waals surface area contributed by atoms with E-state index in [1.807, 2.05) is 13.0 Å². The molecule has 0 saturated carbocycles. The average Bonchev–Trinajstić information content (AvgIpc) is 3.43. The van der Waals surface area contributed by atoms with Crippen LogP contribution in [0.15, 0.2) is 41.4 Å². The fourth-order valence-corrected chi connectivity index (χ4v) is 4.56. The van der Waals surface area contributed by atoms with Gasteiger partial charge in [0.2, 0.25) is 16.0 Å². The van der Waals surface area contributed by atoms with Gasteiger partial charge in [0.15, 0.2) is 0 Å². The Morgan fingerprint density at radius 1 is 1.19 bits per heavy atom. The SMILES string of the molecule is Cc1[nH]c(C(C)C)nc1-c1ccnc(Nc2ccc(S(=O)(=O)NCC3CCCO3)cc2)n1. The number of aryl methyl sites for hydroxylation is 1. The summed E-state index contributed by atoms with van der Waals surface area (Å²) in [6, 6.07) is 8.29. The highest BCUT2D eigenvalue weighted by molar-refractivity contribution is 7.89. The summed E-state index contributed by atoms with van der Waals surface area (Å²) in [6.45, 7) is 7.10. The summed E-state index contributed by atoms with van der Waals surface area (Å²) < 4.78 is 33.1. The van der Waals surface area contributed by atoms with Gasteiger partial charge in [-0.15, -0.1) is 0 Å². The first-order valence-corrected chi connectivity index (χ1v) is 12.2. The Bertz CT molecular complexity index is 1170. The van der Waals surface area contributed by atoms with Gasteiger partial charge in [0.05, 0.1) is 16.7 Å². The highest BCUT2D eigenvalue weighted by atomic mass is 32.2. The molecule has 1 aliphatic rings. The van der Waals surface area contributed by atoms with Crippen molar-refractivity contribution in [1.29, 1.82) is 0 Å². The lowest BCUT2D eigenvalue weighted by Gasteiger charge is -2.12. The summed E-state index contributed by atoms with van der Waals surface area (Å²) in [7, 11) is -3.59. The van der Waals surface area contributed by atoms with Crippen molar-refractivity contribution in [3.05, 3.63) is 48.0 Å². The molecule has 0 spiro atoms. The number of nitrogens with one attached hydrogen (secondary N) is 3. The Hall–Kier alpha value is -2.82. The van der Waals surface area contributed by atoms with E-state index in [-0.39, 0.29) is 23.5 Å². The fourth-order valence-electron chi connectivity index (χ4n) is 3.50. The summed E-state index contributed by atoms with van der Waals surface area (Å²) in [6.07, 6.45) is 3.46. The van der Waals surface area contributed by atoms with Crippen LogP contribution in [-0.4, -0.2) is 47.6 Å². The zero-order valence-corrected chi connectivity index (χ0v) is 19.2.